The minimum Gasteiger partial charge on any atom is -0.466 e. The van der Waals surface area contributed by atoms with Gasteiger partial charge in [0, 0.05) is 10.6 Å². The van der Waals surface area contributed by atoms with E-state index in [2.05, 4.69) is 5.32 Å². The van der Waals surface area contributed by atoms with Crippen molar-refractivity contribution in [2.24, 2.45) is 0 Å². The summed E-state index contributed by atoms with van der Waals surface area (Å²) >= 11 is 12.0. The summed E-state index contributed by atoms with van der Waals surface area (Å²) in [5, 5.41) is 3.47. The number of rotatable bonds is 3. The normalized spacial score (nSPS) is 17.3. The number of halogens is 2. The quantitative estimate of drug-likeness (QED) is 0.870. The number of hydrogen-bond acceptors (Lipinski definition) is 3. The molecule has 0 radical (unpaired) electrons. The van der Waals surface area contributed by atoms with E-state index in [0.29, 0.717) is 21.3 Å². The van der Waals surface area contributed by atoms with Gasteiger partial charge in [-0.15, -0.1) is 0 Å². The van der Waals surface area contributed by atoms with E-state index in [9.17, 15) is 9.59 Å². The third-order valence-corrected chi connectivity index (χ3v) is 3.38. The molecular weight excluding hydrogens is 277 g/mol. The fourth-order valence-corrected chi connectivity index (χ4v) is 2.46. The van der Waals surface area contributed by atoms with Crippen molar-refractivity contribution in [2.75, 3.05) is 11.9 Å². The van der Waals surface area contributed by atoms with Gasteiger partial charge in [0.25, 0.3) is 0 Å². The molecule has 0 saturated carbocycles. The maximum absolute atomic E-state index is 11.8. The Bertz CT molecular complexity index is 516. The third-order valence-electron chi connectivity index (χ3n) is 2.73. The van der Waals surface area contributed by atoms with Crippen LogP contribution in [-0.2, 0) is 14.3 Å². The number of benzene rings is 1. The number of carbonyl (C=O) groups excluding carboxylic acids is 2. The Morgan fingerprint density at radius 2 is 2.06 bits per heavy atom. The Labute approximate surface area is 114 Å². The maximum atomic E-state index is 11.8. The number of anilines is 1. The van der Waals surface area contributed by atoms with Crippen LogP contribution >= 0.6 is 23.2 Å². The average Bonchev–Trinajstić information content (AvgIpc) is 2.63. The van der Waals surface area contributed by atoms with Crippen molar-refractivity contribution in [1.29, 1.82) is 0 Å². The fourth-order valence-electron chi connectivity index (χ4n) is 1.96. The highest BCUT2D eigenvalue weighted by Gasteiger charge is 2.35. The largest absolute Gasteiger partial charge is 0.466 e. The standard InChI is InChI=1S/C12H11Cl2NO3/c1-2-18-9(16)5-6-10-7(13)3-4-8(14)11(10)15-12(6)17/h3-4,6H,2,5H2,1H3,(H,15,17). The summed E-state index contributed by atoms with van der Waals surface area (Å²) in [5.41, 5.74) is 1.06. The fraction of sp³-hybridized carbons (Fsp3) is 0.333. The predicted molar refractivity (Wildman–Crippen MR) is 69.1 cm³/mol. The van der Waals surface area contributed by atoms with Gasteiger partial charge in [0.15, 0.2) is 0 Å². The second-order valence-corrected chi connectivity index (χ2v) is 4.68. The molecule has 1 amide bonds. The minimum atomic E-state index is -0.634. The number of carbonyl (C=O) groups is 2. The van der Waals surface area contributed by atoms with E-state index in [1.165, 1.54) is 0 Å². The molecule has 1 aliphatic rings. The van der Waals surface area contributed by atoms with Crippen LogP contribution in [0.5, 0.6) is 0 Å². The van der Waals surface area contributed by atoms with Crippen molar-refractivity contribution < 1.29 is 14.3 Å². The number of ether oxygens (including phenoxy) is 1. The van der Waals surface area contributed by atoms with Gasteiger partial charge in [-0.1, -0.05) is 23.2 Å². The highest BCUT2D eigenvalue weighted by molar-refractivity contribution is 6.37. The summed E-state index contributed by atoms with van der Waals surface area (Å²) in [6.45, 7) is 1.99. The number of amides is 1. The van der Waals surface area contributed by atoms with E-state index < -0.39 is 11.9 Å². The van der Waals surface area contributed by atoms with Gasteiger partial charge in [-0.3, -0.25) is 9.59 Å². The first kappa shape index (κ1) is 13.2. The van der Waals surface area contributed by atoms with E-state index in [1.807, 2.05) is 0 Å². The molecule has 1 aliphatic heterocycles. The van der Waals surface area contributed by atoms with Gasteiger partial charge in [0.05, 0.1) is 29.7 Å². The molecule has 0 aromatic heterocycles. The van der Waals surface area contributed by atoms with E-state index >= 15 is 0 Å². The lowest BCUT2D eigenvalue weighted by Gasteiger charge is -2.09. The smallest absolute Gasteiger partial charge is 0.306 e. The van der Waals surface area contributed by atoms with Crippen molar-refractivity contribution in [3.05, 3.63) is 27.7 Å². The van der Waals surface area contributed by atoms with Crippen molar-refractivity contribution in [3.8, 4) is 0 Å². The highest BCUT2D eigenvalue weighted by Crippen LogP contribution is 2.43. The molecular formula is C12H11Cl2NO3. The van der Waals surface area contributed by atoms with Crippen molar-refractivity contribution in [1.82, 2.24) is 0 Å². The second-order valence-electron chi connectivity index (χ2n) is 3.87. The van der Waals surface area contributed by atoms with Gasteiger partial charge in [-0.05, 0) is 19.1 Å². The van der Waals surface area contributed by atoms with Crippen LogP contribution in [0.4, 0.5) is 5.69 Å². The van der Waals surface area contributed by atoms with Crippen molar-refractivity contribution >= 4 is 40.8 Å². The van der Waals surface area contributed by atoms with Crippen LogP contribution in [0.2, 0.25) is 10.0 Å². The molecule has 1 atom stereocenters. The first-order chi connectivity index (χ1) is 8.54. The van der Waals surface area contributed by atoms with E-state index in [-0.39, 0.29) is 18.9 Å². The molecule has 0 fully saturated rings. The van der Waals surface area contributed by atoms with E-state index in [0.717, 1.165) is 0 Å². The monoisotopic (exact) mass is 287 g/mol. The number of hydrogen-bond donors (Lipinski definition) is 1. The molecule has 96 valence electrons. The van der Waals surface area contributed by atoms with Gasteiger partial charge in [0.1, 0.15) is 0 Å². The molecule has 4 nitrogen and oxygen atoms in total. The van der Waals surface area contributed by atoms with Gasteiger partial charge in [-0.25, -0.2) is 0 Å². The lowest BCUT2D eigenvalue weighted by Crippen LogP contribution is -2.17. The van der Waals surface area contributed by atoms with Gasteiger partial charge >= 0.3 is 5.97 Å². The average molecular weight is 288 g/mol. The molecule has 1 aromatic rings. The van der Waals surface area contributed by atoms with Crippen LogP contribution in [0.1, 0.15) is 24.8 Å². The third kappa shape index (κ3) is 2.31. The summed E-state index contributed by atoms with van der Waals surface area (Å²) < 4.78 is 4.84. The molecule has 1 unspecified atom stereocenters. The zero-order valence-corrected chi connectivity index (χ0v) is 11.1. The first-order valence-corrected chi connectivity index (χ1v) is 6.24. The SMILES string of the molecule is CCOC(=O)CC1C(=O)Nc2c(Cl)ccc(Cl)c21. The van der Waals surface area contributed by atoms with Gasteiger partial charge in [0.2, 0.25) is 5.91 Å². The van der Waals surface area contributed by atoms with Crippen LogP contribution in [0.3, 0.4) is 0 Å². The Kier molecular flexibility index (Phi) is 3.78. The molecule has 1 N–H and O–H groups in total. The topological polar surface area (TPSA) is 55.4 Å². The summed E-state index contributed by atoms with van der Waals surface area (Å²) in [7, 11) is 0. The van der Waals surface area contributed by atoms with Crippen molar-refractivity contribution in [3.63, 3.8) is 0 Å². The molecule has 2 rings (SSSR count). The van der Waals surface area contributed by atoms with Gasteiger partial charge < -0.3 is 10.1 Å². The summed E-state index contributed by atoms with van der Waals surface area (Å²) in [4.78, 5) is 23.3. The zero-order valence-electron chi connectivity index (χ0n) is 9.63. The van der Waals surface area contributed by atoms with E-state index in [1.54, 1.807) is 19.1 Å². The Morgan fingerprint density at radius 1 is 1.39 bits per heavy atom. The molecule has 1 aromatic carbocycles. The Balaban J connectivity index is 2.33. The van der Waals surface area contributed by atoms with Crippen LogP contribution in [0.25, 0.3) is 0 Å². The molecule has 0 aliphatic carbocycles. The molecule has 18 heavy (non-hydrogen) atoms. The van der Waals surface area contributed by atoms with Crippen LogP contribution in [-0.4, -0.2) is 18.5 Å². The van der Waals surface area contributed by atoms with Gasteiger partial charge in [-0.2, -0.15) is 0 Å². The summed E-state index contributed by atoms with van der Waals surface area (Å²) in [5.74, 6) is -1.35. The second kappa shape index (κ2) is 5.16. The maximum Gasteiger partial charge on any atom is 0.306 e. The van der Waals surface area contributed by atoms with E-state index in [4.69, 9.17) is 27.9 Å². The zero-order chi connectivity index (χ0) is 13.3. The minimum absolute atomic E-state index is 0.0350. The number of fused-ring (bicyclic) bond motifs is 1. The summed E-state index contributed by atoms with van der Waals surface area (Å²) in [6, 6.07) is 3.22. The number of nitrogens with one attached hydrogen (secondary N) is 1. The molecule has 0 saturated heterocycles. The first-order valence-electron chi connectivity index (χ1n) is 5.49. The molecule has 1 heterocycles. The predicted octanol–water partition coefficient (Wildman–Crippen LogP) is 2.98. The summed E-state index contributed by atoms with van der Waals surface area (Å²) in [6.07, 6.45) is -0.0350. The highest BCUT2D eigenvalue weighted by atomic mass is 35.5. The Morgan fingerprint density at radius 3 is 2.72 bits per heavy atom. The molecule has 0 spiro atoms. The van der Waals surface area contributed by atoms with Crippen LogP contribution < -0.4 is 5.32 Å². The lowest BCUT2D eigenvalue weighted by molar-refractivity contribution is -0.144. The number of esters is 1. The molecule has 6 heteroatoms. The van der Waals surface area contributed by atoms with Crippen molar-refractivity contribution in [2.45, 2.75) is 19.3 Å². The van der Waals surface area contributed by atoms with Crippen LogP contribution in [0.15, 0.2) is 12.1 Å². The lowest BCUT2D eigenvalue weighted by atomic mass is 9.97. The Hall–Kier alpha value is -1.26. The van der Waals surface area contributed by atoms with Crippen LogP contribution in [0, 0.1) is 0 Å². The molecule has 0 bridgehead atoms.